The lowest BCUT2D eigenvalue weighted by Crippen LogP contribution is -2.26. The van der Waals surface area contributed by atoms with Crippen molar-refractivity contribution in [3.8, 4) is 0 Å². The maximum atomic E-state index is 13.2. The number of carbonyl (C=O) groups excluding carboxylic acids is 1. The molecule has 1 aliphatic rings. The molecule has 3 rings (SSSR count). The Morgan fingerprint density at radius 3 is 2.62 bits per heavy atom. The Labute approximate surface area is 186 Å². The Balaban J connectivity index is 1.87. The van der Waals surface area contributed by atoms with Crippen LogP contribution in [0.5, 0.6) is 0 Å². The number of hydrogen-bond acceptors (Lipinski definition) is 5. The third-order valence-corrected chi connectivity index (χ3v) is 5.32. The minimum Gasteiger partial charge on any atom is -0.438 e. The Morgan fingerprint density at radius 1 is 1.34 bits per heavy atom. The molecule has 0 fully saturated rings. The molecule has 1 amide bonds. The molecule has 9 heteroatoms. The van der Waals surface area contributed by atoms with Crippen molar-refractivity contribution in [1.29, 1.82) is 0 Å². The standard InChI is InChI=1S/C23H29F2N5O2/c1-13-8-18(14(2)9-26-10-15(3)32-22(24)25)28-20-16(4)30(21(31)19(13)20)17-11-27-29(12-17)23(5,6)7/h8-12,14,16,22H,1-7H3/b15-10+,26-9?. The van der Waals surface area contributed by atoms with Crippen LogP contribution in [0.2, 0.25) is 0 Å². The monoisotopic (exact) mass is 445 g/mol. The molecule has 1 aliphatic heterocycles. The largest absolute Gasteiger partial charge is 0.438 e. The Morgan fingerprint density at radius 2 is 2.03 bits per heavy atom. The van der Waals surface area contributed by atoms with Crippen LogP contribution < -0.4 is 4.90 Å². The molecule has 0 saturated heterocycles. The van der Waals surface area contributed by atoms with E-state index in [0.717, 1.165) is 16.9 Å². The SMILES string of the molecule is C/C(=C\N=CC(C)c1cc(C)c2c(n1)C(C)N(c1cnn(C(C)(C)C)c1)C2=O)OC(F)F. The molecule has 2 atom stereocenters. The fourth-order valence-electron chi connectivity index (χ4n) is 3.63. The topological polar surface area (TPSA) is 72.6 Å². The van der Waals surface area contributed by atoms with Crippen molar-refractivity contribution >= 4 is 17.8 Å². The molecule has 0 aliphatic carbocycles. The first-order valence-corrected chi connectivity index (χ1v) is 10.4. The number of allylic oxidation sites excluding steroid dienone is 1. The van der Waals surface area contributed by atoms with E-state index in [-0.39, 0.29) is 29.2 Å². The highest BCUT2D eigenvalue weighted by Crippen LogP contribution is 2.38. The maximum absolute atomic E-state index is 13.2. The van der Waals surface area contributed by atoms with Crippen LogP contribution in [0.3, 0.4) is 0 Å². The van der Waals surface area contributed by atoms with E-state index >= 15 is 0 Å². The number of aryl methyl sites for hydroxylation is 1. The van der Waals surface area contributed by atoms with Crippen molar-refractivity contribution in [2.24, 2.45) is 4.99 Å². The summed E-state index contributed by atoms with van der Waals surface area (Å²) < 4.78 is 30.6. The molecule has 3 heterocycles. The Kier molecular flexibility index (Phi) is 6.48. The van der Waals surface area contributed by atoms with Gasteiger partial charge in [0.1, 0.15) is 5.76 Å². The van der Waals surface area contributed by atoms with Gasteiger partial charge in [0.05, 0.1) is 40.9 Å². The molecule has 2 unspecified atom stereocenters. The van der Waals surface area contributed by atoms with Crippen LogP contribution in [0.25, 0.3) is 0 Å². The Hall–Kier alpha value is -3.10. The number of rotatable bonds is 6. The number of fused-ring (bicyclic) bond motifs is 1. The molecule has 32 heavy (non-hydrogen) atoms. The zero-order valence-electron chi connectivity index (χ0n) is 19.4. The van der Waals surface area contributed by atoms with Gasteiger partial charge in [-0.2, -0.15) is 13.9 Å². The van der Waals surface area contributed by atoms with E-state index in [9.17, 15) is 13.6 Å². The van der Waals surface area contributed by atoms with Crippen LogP contribution in [-0.2, 0) is 10.3 Å². The summed E-state index contributed by atoms with van der Waals surface area (Å²) in [6.07, 6.45) is 6.43. The minimum atomic E-state index is -2.88. The molecule has 0 saturated carbocycles. The molecule has 7 nitrogen and oxygen atoms in total. The summed E-state index contributed by atoms with van der Waals surface area (Å²) >= 11 is 0. The number of nitrogens with zero attached hydrogens (tertiary/aromatic N) is 5. The second-order valence-electron chi connectivity index (χ2n) is 8.99. The summed E-state index contributed by atoms with van der Waals surface area (Å²) in [6, 6.07) is 1.62. The van der Waals surface area contributed by atoms with E-state index in [2.05, 4.69) is 14.8 Å². The molecule has 2 aromatic heterocycles. The van der Waals surface area contributed by atoms with Crippen molar-refractivity contribution in [3.63, 3.8) is 0 Å². The molecule has 0 spiro atoms. The van der Waals surface area contributed by atoms with Crippen LogP contribution in [0.15, 0.2) is 35.4 Å². The van der Waals surface area contributed by atoms with Gasteiger partial charge in [-0.25, -0.2) is 0 Å². The number of aromatic nitrogens is 3. The lowest BCUT2D eigenvalue weighted by Gasteiger charge is -2.21. The van der Waals surface area contributed by atoms with Gasteiger partial charge in [-0.05, 0) is 53.2 Å². The van der Waals surface area contributed by atoms with E-state index in [1.165, 1.54) is 13.1 Å². The average Bonchev–Trinajstić information content (AvgIpc) is 3.24. The highest BCUT2D eigenvalue weighted by molar-refractivity contribution is 6.11. The van der Waals surface area contributed by atoms with Crippen molar-refractivity contribution in [2.45, 2.75) is 72.6 Å². The molecule has 0 aromatic carbocycles. The van der Waals surface area contributed by atoms with Gasteiger partial charge >= 0.3 is 6.61 Å². The molecular formula is C23H29F2N5O2. The number of halogens is 2. The first kappa shape index (κ1) is 23.6. The van der Waals surface area contributed by atoms with Gasteiger partial charge < -0.3 is 4.74 Å². The van der Waals surface area contributed by atoms with Crippen molar-refractivity contribution in [1.82, 2.24) is 14.8 Å². The number of hydrogen-bond donors (Lipinski definition) is 0. The lowest BCUT2D eigenvalue weighted by molar-refractivity contribution is -0.0955. The quantitative estimate of drug-likeness (QED) is 0.445. The maximum Gasteiger partial charge on any atom is 0.387 e. The predicted molar refractivity (Wildman–Crippen MR) is 119 cm³/mol. The van der Waals surface area contributed by atoms with Gasteiger partial charge in [0.15, 0.2) is 0 Å². The van der Waals surface area contributed by atoms with Crippen LogP contribution in [0.4, 0.5) is 14.5 Å². The first-order valence-electron chi connectivity index (χ1n) is 10.4. The molecule has 0 radical (unpaired) electrons. The highest BCUT2D eigenvalue weighted by Gasteiger charge is 2.39. The van der Waals surface area contributed by atoms with Crippen molar-refractivity contribution in [3.05, 3.63) is 52.9 Å². The van der Waals surface area contributed by atoms with Crippen LogP contribution in [-0.4, -0.2) is 33.5 Å². The van der Waals surface area contributed by atoms with E-state index in [0.29, 0.717) is 11.3 Å². The van der Waals surface area contributed by atoms with Gasteiger partial charge in [0.25, 0.3) is 5.91 Å². The predicted octanol–water partition coefficient (Wildman–Crippen LogP) is 5.34. The van der Waals surface area contributed by atoms with Gasteiger partial charge in [-0.15, -0.1) is 0 Å². The van der Waals surface area contributed by atoms with Crippen LogP contribution in [0.1, 0.15) is 80.8 Å². The number of ether oxygens (including phenoxy) is 1. The van der Waals surface area contributed by atoms with E-state index < -0.39 is 6.61 Å². The molecule has 0 N–H and O–H groups in total. The number of alkyl halides is 2. The van der Waals surface area contributed by atoms with E-state index in [4.69, 9.17) is 4.98 Å². The smallest absolute Gasteiger partial charge is 0.387 e. The average molecular weight is 446 g/mol. The Bertz CT molecular complexity index is 1070. The summed E-state index contributed by atoms with van der Waals surface area (Å²) in [5.74, 6) is -0.261. The zero-order chi connectivity index (χ0) is 23.8. The summed E-state index contributed by atoms with van der Waals surface area (Å²) in [4.78, 5) is 23.8. The van der Waals surface area contributed by atoms with Crippen molar-refractivity contribution in [2.75, 3.05) is 4.90 Å². The number of anilines is 1. The molecule has 172 valence electrons. The van der Waals surface area contributed by atoms with Gasteiger partial charge in [-0.1, -0.05) is 6.92 Å². The first-order chi connectivity index (χ1) is 14.9. The minimum absolute atomic E-state index is 0.0206. The second kappa shape index (κ2) is 8.80. The summed E-state index contributed by atoms with van der Waals surface area (Å²) in [5.41, 5.74) is 3.43. The lowest BCUT2D eigenvalue weighted by atomic mass is 10.0. The number of amides is 1. The fourth-order valence-corrected chi connectivity index (χ4v) is 3.63. The number of carbonyl (C=O) groups is 1. The molecular weight excluding hydrogens is 416 g/mol. The zero-order valence-corrected chi connectivity index (χ0v) is 19.4. The highest BCUT2D eigenvalue weighted by atomic mass is 19.3. The van der Waals surface area contributed by atoms with E-state index in [1.807, 2.05) is 58.5 Å². The van der Waals surface area contributed by atoms with Gasteiger partial charge in [0.2, 0.25) is 0 Å². The summed E-state index contributed by atoms with van der Waals surface area (Å²) in [7, 11) is 0. The molecule has 2 aromatic rings. The normalized spacial score (nSPS) is 18.1. The number of aliphatic imine (C=N–C) groups is 1. The number of pyridine rings is 1. The van der Waals surface area contributed by atoms with Crippen LogP contribution >= 0.6 is 0 Å². The van der Waals surface area contributed by atoms with Gasteiger partial charge in [-0.3, -0.25) is 24.4 Å². The third kappa shape index (κ3) is 4.71. The third-order valence-electron chi connectivity index (χ3n) is 5.32. The van der Waals surface area contributed by atoms with Gasteiger partial charge in [0, 0.05) is 24.0 Å². The van der Waals surface area contributed by atoms with Crippen molar-refractivity contribution < 1.29 is 18.3 Å². The fraction of sp³-hybridized carbons (Fsp3) is 0.478. The molecule has 0 bridgehead atoms. The van der Waals surface area contributed by atoms with Crippen LogP contribution in [0, 0.1) is 6.92 Å². The summed E-state index contributed by atoms with van der Waals surface area (Å²) in [5, 5.41) is 4.42. The summed E-state index contributed by atoms with van der Waals surface area (Å²) in [6.45, 7) is 10.4. The second-order valence-corrected chi connectivity index (χ2v) is 8.99. The van der Waals surface area contributed by atoms with E-state index in [1.54, 1.807) is 17.3 Å².